The molecule has 0 spiro atoms. The van der Waals surface area contributed by atoms with E-state index in [0.717, 1.165) is 17.4 Å². The molecule has 0 radical (unpaired) electrons. The molecule has 0 unspecified atom stereocenters. The highest BCUT2D eigenvalue weighted by atomic mass is 15.3. The highest BCUT2D eigenvalue weighted by Crippen LogP contribution is 1.90. The first-order valence-corrected chi connectivity index (χ1v) is 3.26. The van der Waals surface area contributed by atoms with Gasteiger partial charge >= 0.3 is 0 Å². The Hall–Kier alpha value is -0.480. The Morgan fingerprint density at radius 3 is 2.11 bits per heavy atom. The van der Waals surface area contributed by atoms with Crippen molar-refractivity contribution in [2.24, 2.45) is 0 Å². The van der Waals surface area contributed by atoms with Crippen LogP contribution in [-0.4, -0.2) is 32.2 Å². The van der Waals surface area contributed by atoms with E-state index >= 15 is 0 Å². The molecule has 0 N–H and O–H groups in total. The molecule has 52 valence electrons. The van der Waals surface area contributed by atoms with Gasteiger partial charge in [0.25, 0.3) is 0 Å². The second-order valence-electron chi connectivity index (χ2n) is 3.19. The number of rotatable bonds is 2. The first-order chi connectivity index (χ1) is 4.06. The molecule has 0 aliphatic carbocycles. The standard InChI is InChI=1S/C8H16N/c1-5-6-7-8-9(2,3)4/h7-8H2,1-4H3/q+1. The molecule has 0 rings (SSSR count). The van der Waals surface area contributed by atoms with Crippen molar-refractivity contribution in [3.63, 3.8) is 0 Å². The molecule has 0 saturated heterocycles. The zero-order valence-electron chi connectivity index (χ0n) is 6.86. The molecule has 0 aromatic carbocycles. The highest BCUT2D eigenvalue weighted by molar-refractivity contribution is 4.94. The Bertz CT molecular complexity index is 120. The quantitative estimate of drug-likeness (QED) is 0.384. The van der Waals surface area contributed by atoms with Gasteiger partial charge in [0.1, 0.15) is 0 Å². The second kappa shape index (κ2) is 3.53. The molecular formula is C8H16N+. The van der Waals surface area contributed by atoms with Gasteiger partial charge in [-0.05, 0) is 6.92 Å². The molecule has 1 heteroatoms. The Labute approximate surface area is 58.3 Å². The molecule has 0 aliphatic rings. The van der Waals surface area contributed by atoms with Gasteiger partial charge in [0.15, 0.2) is 0 Å². The minimum absolute atomic E-state index is 1.01. The first kappa shape index (κ1) is 8.52. The average Bonchev–Trinajstić information content (AvgIpc) is 1.63. The number of quaternary nitrogens is 1. The van der Waals surface area contributed by atoms with Crippen LogP contribution in [0.1, 0.15) is 13.3 Å². The van der Waals surface area contributed by atoms with E-state index in [1.54, 1.807) is 0 Å². The van der Waals surface area contributed by atoms with Crippen LogP contribution in [0, 0.1) is 11.8 Å². The van der Waals surface area contributed by atoms with E-state index in [-0.39, 0.29) is 0 Å². The maximum atomic E-state index is 3.04. The molecule has 1 nitrogen and oxygen atoms in total. The van der Waals surface area contributed by atoms with Crippen LogP contribution in [0.15, 0.2) is 0 Å². The van der Waals surface area contributed by atoms with E-state index in [9.17, 15) is 0 Å². The van der Waals surface area contributed by atoms with E-state index in [0.29, 0.717) is 0 Å². The van der Waals surface area contributed by atoms with Gasteiger partial charge in [0.05, 0.1) is 34.1 Å². The van der Waals surface area contributed by atoms with Gasteiger partial charge in [-0.3, -0.25) is 0 Å². The van der Waals surface area contributed by atoms with Crippen molar-refractivity contribution < 1.29 is 4.48 Å². The smallest absolute Gasteiger partial charge is 0.0891 e. The SMILES string of the molecule is CC#CCC[N+](C)(C)C. The summed E-state index contributed by atoms with van der Waals surface area (Å²) in [6, 6.07) is 0. The van der Waals surface area contributed by atoms with E-state index in [1.807, 2.05) is 6.92 Å². The molecule has 0 aliphatic heterocycles. The highest BCUT2D eigenvalue weighted by Gasteiger charge is 2.02. The number of hydrogen-bond donors (Lipinski definition) is 0. The molecule has 0 heterocycles. The Balaban J connectivity index is 3.36. The third-order valence-corrected chi connectivity index (χ3v) is 1.08. The fourth-order valence-electron chi connectivity index (χ4n) is 0.516. The van der Waals surface area contributed by atoms with Gasteiger partial charge in [-0.2, -0.15) is 0 Å². The van der Waals surface area contributed by atoms with Crippen LogP contribution >= 0.6 is 0 Å². The minimum atomic E-state index is 1.01. The summed E-state index contributed by atoms with van der Waals surface area (Å²) < 4.78 is 1.01. The topological polar surface area (TPSA) is 0 Å². The van der Waals surface area contributed by atoms with Crippen molar-refractivity contribution in [1.82, 2.24) is 0 Å². The van der Waals surface area contributed by atoms with Gasteiger partial charge in [0.2, 0.25) is 0 Å². The fraction of sp³-hybridized carbons (Fsp3) is 0.750. The van der Waals surface area contributed by atoms with Crippen LogP contribution in [0.25, 0.3) is 0 Å². The summed E-state index contributed by atoms with van der Waals surface area (Å²) in [5.41, 5.74) is 0. The van der Waals surface area contributed by atoms with Crippen molar-refractivity contribution in [3.8, 4) is 11.8 Å². The van der Waals surface area contributed by atoms with Gasteiger partial charge in [0, 0.05) is 0 Å². The lowest BCUT2D eigenvalue weighted by Gasteiger charge is -2.22. The van der Waals surface area contributed by atoms with E-state index in [1.165, 1.54) is 0 Å². The lowest BCUT2D eigenvalue weighted by molar-refractivity contribution is -0.869. The zero-order valence-corrected chi connectivity index (χ0v) is 6.86. The summed E-state index contributed by atoms with van der Waals surface area (Å²) >= 11 is 0. The van der Waals surface area contributed by atoms with Gasteiger partial charge in [-0.1, -0.05) is 5.92 Å². The van der Waals surface area contributed by atoms with Crippen molar-refractivity contribution in [2.75, 3.05) is 27.7 Å². The third-order valence-electron chi connectivity index (χ3n) is 1.08. The molecule has 9 heavy (non-hydrogen) atoms. The van der Waals surface area contributed by atoms with E-state index in [4.69, 9.17) is 0 Å². The second-order valence-corrected chi connectivity index (χ2v) is 3.19. The number of nitrogens with zero attached hydrogens (tertiary/aromatic N) is 1. The van der Waals surface area contributed by atoms with E-state index in [2.05, 4.69) is 33.0 Å². The van der Waals surface area contributed by atoms with Crippen molar-refractivity contribution in [2.45, 2.75) is 13.3 Å². The van der Waals surface area contributed by atoms with Crippen LogP contribution in [0.5, 0.6) is 0 Å². The Morgan fingerprint density at radius 2 is 1.78 bits per heavy atom. The first-order valence-electron chi connectivity index (χ1n) is 3.26. The van der Waals surface area contributed by atoms with Crippen LogP contribution in [0.3, 0.4) is 0 Å². The summed E-state index contributed by atoms with van der Waals surface area (Å²) in [7, 11) is 6.53. The molecule has 0 bridgehead atoms. The summed E-state index contributed by atoms with van der Waals surface area (Å²) in [5, 5.41) is 0. The van der Waals surface area contributed by atoms with Crippen LogP contribution in [0.4, 0.5) is 0 Å². The van der Waals surface area contributed by atoms with Crippen LogP contribution < -0.4 is 0 Å². The maximum absolute atomic E-state index is 3.04. The van der Waals surface area contributed by atoms with Crippen molar-refractivity contribution >= 4 is 0 Å². The lowest BCUT2D eigenvalue weighted by atomic mass is 10.4. The Morgan fingerprint density at radius 1 is 1.22 bits per heavy atom. The van der Waals surface area contributed by atoms with Gasteiger partial charge < -0.3 is 4.48 Å². The molecule has 0 aromatic rings. The average molecular weight is 126 g/mol. The van der Waals surface area contributed by atoms with Gasteiger partial charge in [-0.25, -0.2) is 0 Å². The van der Waals surface area contributed by atoms with E-state index < -0.39 is 0 Å². The molecule has 0 amide bonds. The molecule has 0 aromatic heterocycles. The third kappa shape index (κ3) is 7.52. The minimum Gasteiger partial charge on any atom is -0.330 e. The summed E-state index contributed by atoms with van der Waals surface area (Å²) in [4.78, 5) is 0. The molecule has 0 fully saturated rings. The van der Waals surface area contributed by atoms with Crippen molar-refractivity contribution in [1.29, 1.82) is 0 Å². The Kier molecular flexibility index (Phi) is 3.34. The maximum Gasteiger partial charge on any atom is 0.0891 e. The normalized spacial score (nSPS) is 10.2. The van der Waals surface area contributed by atoms with Gasteiger partial charge in [-0.15, -0.1) is 5.92 Å². The molecular weight excluding hydrogens is 110 g/mol. The predicted molar refractivity (Wildman–Crippen MR) is 41.0 cm³/mol. The molecule has 0 atom stereocenters. The lowest BCUT2D eigenvalue weighted by Crippen LogP contribution is -2.34. The largest absolute Gasteiger partial charge is 0.330 e. The molecule has 0 saturated carbocycles. The van der Waals surface area contributed by atoms with Crippen LogP contribution in [-0.2, 0) is 0 Å². The monoisotopic (exact) mass is 126 g/mol. The summed E-state index contributed by atoms with van der Waals surface area (Å²) in [6.07, 6.45) is 1.01. The zero-order chi connectivity index (χ0) is 7.33. The predicted octanol–water partition coefficient (Wildman–Crippen LogP) is 1.11. The van der Waals surface area contributed by atoms with Crippen LogP contribution in [0.2, 0.25) is 0 Å². The fourth-order valence-corrected chi connectivity index (χ4v) is 0.516. The summed E-state index contributed by atoms with van der Waals surface area (Å²) in [6.45, 7) is 3.02. The number of hydrogen-bond acceptors (Lipinski definition) is 0. The summed E-state index contributed by atoms with van der Waals surface area (Å²) in [5.74, 6) is 5.92. The van der Waals surface area contributed by atoms with Crippen molar-refractivity contribution in [3.05, 3.63) is 0 Å².